The van der Waals surface area contributed by atoms with Gasteiger partial charge in [-0.05, 0) is 62.8 Å². The number of rotatable bonds is 10. The molecule has 15 heteroatoms. The van der Waals surface area contributed by atoms with E-state index in [9.17, 15) is 26.4 Å². The lowest BCUT2D eigenvalue weighted by molar-refractivity contribution is -0.137. The van der Waals surface area contributed by atoms with Crippen LogP contribution in [0.1, 0.15) is 55.6 Å². The number of hydrogen-bond acceptors (Lipinski definition) is 8. The highest BCUT2D eigenvalue weighted by molar-refractivity contribution is 7.92. The Balaban J connectivity index is 1.41. The Labute approximate surface area is 251 Å². The molecule has 0 aliphatic heterocycles. The summed E-state index contributed by atoms with van der Waals surface area (Å²) in [6.07, 6.45) is 2.07. The summed E-state index contributed by atoms with van der Waals surface area (Å²) in [5, 5.41) is 3.04. The van der Waals surface area contributed by atoms with Crippen LogP contribution in [-0.4, -0.2) is 54.9 Å². The first kappa shape index (κ1) is 31.6. The van der Waals surface area contributed by atoms with Gasteiger partial charge in [-0.15, -0.1) is 0 Å². The van der Waals surface area contributed by atoms with Crippen molar-refractivity contribution in [2.24, 2.45) is 0 Å². The highest BCUT2D eigenvalue weighted by atomic mass is 32.2. The topological polar surface area (TPSA) is 105 Å². The highest BCUT2D eigenvalue weighted by Crippen LogP contribution is 2.41. The molecule has 2 fully saturated rings. The van der Waals surface area contributed by atoms with Crippen LogP contribution in [0.3, 0.4) is 0 Å². The van der Waals surface area contributed by atoms with Gasteiger partial charge in [0.05, 0.1) is 11.3 Å². The third-order valence-corrected chi connectivity index (χ3v) is 10.0. The van der Waals surface area contributed by atoms with Crippen LogP contribution < -0.4 is 9.79 Å². The van der Waals surface area contributed by atoms with Crippen LogP contribution >= 0.6 is 0 Å². The van der Waals surface area contributed by atoms with Crippen molar-refractivity contribution in [3.63, 3.8) is 0 Å². The van der Waals surface area contributed by atoms with Crippen LogP contribution in [0.2, 0.25) is 0 Å². The van der Waals surface area contributed by atoms with Gasteiger partial charge in [0.2, 0.25) is 0 Å². The van der Waals surface area contributed by atoms with Gasteiger partial charge < -0.3 is 10.2 Å². The number of anilines is 2. The first-order chi connectivity index (χ1) is 20.9. The highest BCUT2D eigenvalue weighted by Gasteiger charge is 2.39. The Kier molecular flexibility index (Phi) is 9.07. The molecule has 5 rings (SSSR count). The number of benzene rings is 2. The zero-order chi connectivity index (χ0) is 31.6. The van der Waals surface area contributed by atoms with Gasteiger partial charge in [-0.2, -0.15) is 21.6 Å². The molecular formula is C29H30F5N5O4S. The fourth-order valence-corrected chi connectivity index (χ4v) is 7.13. The Hall–Kier alpha value is -3.85. The number of aromatic nitrogens is 2. The molecule has 1 heterocycles. The predicted octanol–water partition coefficient (Wildman–Crippen LogP) is 5.66. The minimum atomic E-state index is -4.94. The standard InChI is InChI=1S/C29H30F5N5O4S/c1-38(21-6-3-7-21)26-13-19(18-4-2-5-20(12-18)29(32,33)34)8-9-24(26)37-25-14-23(31)27(15-22(25)30)44(41,42)39(43-17-40)28-10-11-35-16-36-28/h2,4-5,10-12,14-17,19,21,24,26,37H,3,6-9,13H2,1H3/t19-,24-,26-/m0/s1. The molecule has 0 saturated heterocycles. The molecule has 44 heavy (non-hydrogen) atoms. The van der Waals surface area contributed by atoms with Crippen molar-refractivity contribution < 1.29 is 40.0 Å². The minimum absolute atomic E-state index is 0.0608. The van der Waals surface area contributed by atoms with Crippen molar-refractivity contribution in [1.82, 2.24) is 14.9 Å². The van der Waals surface area contributed by atoms with Crippen LogP contribution in [0.5, 0.6) is 0 Å². The van der Waals surface area contributed by atoms with Gasteiger partial charge in [0.15, 0.2) is 5.82 Å². The first-order valence-corrected chi connectivity index (χ1v) is 15.4. The van der Waals surface area contributed by atoms with E-state index in [0.29, 0.717) is 30.9 Å². The van der Waals surface area contributed by atoms with Crippen LogP contribution in [0.25, 0.3) is 0 Å². The maximum Gasteiger partial charge on any atom is 0.416 e. The molecule has 0 unspecified atom stereocenters. The number of carbonyl (C=O) groups excluding carboxylic acids is 1. The van der Waals surface area contributed by atoms with E-state index < -0.39 is 50.2 Å². The summed E-state index contributed by atoms with van der Waals surface area (Å²) < 4.78 is 97.4. The summed E-state index contributed by atoms with van der Waals surface area (Å²) in [6, 6.07) is 7.22. The van der Waals surface area contributed by atoms with E-state index in [1.807, 2.05) is 7.05 Å². The second-order valence-electron chi connectivity index (χ2n) is 11.0. The molecule has 3 aromatic rings. The molecule has 3 atom stereocenters. The van der Waals surface area contributed by atoms with Crippen molar-refractivity contribution in [2.75, 3.05) is 16.8 Å². The molecule has 0 amide bonds. The predicted molar refractivity (Wildman–Crippen MR) is 150 cm³/mol. The van der Waals surface area contributed by atoms with Gasteiger partial charge in [0.25, 0.3) is 10.0 Å². The molecule has 236 valence electrons. The second-order valence-corrected chi connectivity index (χ2v) is 12.7. The Bertz CT molecular complexity index is 1590. The number of nitrogens with one attached hydrogen (secondary N) is 1. The average Bonchev–Trinajstić information content (AvgIpc) is 2.96. The molecule has 2 aliphatic rings. The van der Waals surface area contributed by atoms with E-state index in [1.54, 1.807) is 6.07 Å². The van der Waals surface area contributed by atoms with E-state index in [2.05, 4.69) is 25.0 Å². The maximum absolute atomic E-state index is 15.5. The summed E-state index contributed by atoms with van der Waals surface area (Å²) in [4.78, 5) is 24.0. The third-order valence-electron chi connectivity index (χ3n) is 8.43. The fourth-order valence-electron chi connectivity index (χ4n) is 5.89. The van der Waals surface area contributed by atoms with Gasteiger partial charge in [-0.3, -0.25) is 9.69 Å². The van der Waals surface area contributed by atoms with Crippen LogP contribution in [-0.2, 0) is 25.8 Å². The zero-order valence-corrected chi connectivity index (χ0v) is 24.4. The molecule has 9 nitrogen and oxygen atoms in total. The number of nitrogens with zero attached hydrogens (tertiary/aromatic N) is 4. The summed E-state index contributed by atoms with van der Waals surface area (Å²) in [6.45, 7) is -0.196. The summed E-state index contributed by atoms with van der Waals surface area (Å²) in [5.74, 6) is -2.95. The fraction of sp³-hybridized carbons (Fsp3) is 0.414. The van der Waals surface area contributed by atoms with Crippen LogP contribution in [0.4, 0.5) is 33.5 Å². The van der Waals surface area contributed by atoms with E-state index in [4.69, 9.17) is 0 Å². The van der Waals surface area contributed by atoms with Crippen LogP contribution in [0.15, 0.2) is 59.9 Å². The van der Waals surface area contributed by atoms with Gasteiger partial charge in [0, 0.05) is 36.5 Å². The molecule has 2 aromatic carbocycles. The smallest absolute Gasteiger partial charge is 0.378 e. The minimum Gasteiger partial charge on any atom is -0.378 e. The lowest BCUT2D eigenvalue weighted by Crippen LogP contribution is -2.53. The Morgan fingerprint density at radius 1 is 1.05 bits per heavy atom. The summed E-state index contributed by atoms with van der Waals surface area (Å²) in [5.41, 5.74) is -0.424. The number of carbonyl (C=O) groups is 1. The largest absolute Gasteiger partial charge is 0.416 e. The van der Waals surface area contributed by atoms with E-state index in [-0.39, 0.29) is 34.6 Å². The lowest BCUT2D eigenvalue weighted by atomic mass is 9.76. The normalized spacial score (nSPS) is 21.0. The van der Waals surface area contributed by atoms with Gasteiger partial charge in [0.1, 0.15) is 22.9 Å². The van der Waals surface area contributed by atoms with E-state index in [1.165, 1.54) is 18.3 Å². The molecule has 1 N–H and O–H groups in total. The van der Waals surface area contributed by atoms with Gasteiger partial charge >= 0.3 is 12.6 Å². The number of sulfonamides is 1. The van der Waals surface area contributed by atoms with Crippen molar-refractivity contribution in [3.8, 4) is 0 Å². The Morgan fingerprint density at radius 3 is 2.45 bits per heavy atom. The van der Waals surface area contributed by atoms with Crippen molar-refractivity contribution in [1.29, 1.82) is 0 Å². The second kappa shape index (κ2) is 12.6. The number of halogens is 5. The van der Waals surface area contributed by atoms with E-state index >= 15 is 8.78 Å². The molecule has 0 bridgehead atoms. The molecule has 2 aliphatic carbocycles. The molecular weight excluding hydrogens is 609 g/mol. The number of likely N-dealkylation sites (N-methyl/N-ethyl adjacent to an activating group) is 1. The van der Waals surface area contributed by atoms with E-state index in [0.717, 1.165) is 43.8 Å². The lowest BCUT2D eigenvalue weighted by Gasteiger charge is -2.47. The molecule has 2 saturated carbocycles. The molecule has 1 aromatic heterocycles. The summed E-state index contributed by atoms with van der Waals surface area (Å²) in [7, 11) is -3.01. The molecule has 0 radical (unpaired) electrons. The number of alkyl halides is 3. The van der Waals surface area contributed by atoms with Gasteiger partial charge in [-0.1, -0.05) is 29.1 Å². The zero-order valence-electron chi connectivity index (χ0n) is 23.5. The number of hydrogen-bond donors (Lipinski definition) is 1. The Morgan fingerprint density at radius 2 is 1.82 bits per heavy atom. The van der Waals surface area contributed by atoms with Crippen molar-refractivity contribution in [2.45, 2.75) is 73.6 Å². The monoisotopic (exact) mass is 639 g/mol. The quantitative estimate of drug-likeness (QED) is 0.172. The maximum atomic E-state index is 15.5. The SMILES string of the molecule is CN(C1CCC1)[C@H]1C[C@@H](c2cccc(C(F)(F)F)c2)CC[C@@H]1Nc1cc(F)c(S(=O)(=O)N(OC=O)c2ccncn2)cc1F. The van der Waals surface area contributed by atoms with Gasteiger partial charge in [-0.25, -0.2) is 18.7 Å². The van der Waals surface area contributed by atoms with Crippen LogP contribution in [0, 0.1) is 11.6 Å². The molecule has 0 spiro atoms. The third kappa shape index (κ3) is 6.48. The first-order valence-electron chi connectivity index (χ1n) is 14.0. The summed E-state index contributed by atoms with van der Waals surface area (Å²) >= 11 is 0. The van der Waals surface area contributed by atoms with Crippen molar-refractivity contribution in [3.05, 3.63) is 77.8 Å². The average molecular weight is 640 g/mol. The van der Waals surface area contributed by atoms with Crippen molar-refractivity contribution >= 4 is 28.0 Å².